The van der Waals surface area contributed by atoms with Gasteiger partial charge in [-0.1, -0.05) is 19.1 Å². The molecular weight excluding hydrogens is 242 g/mol. The van der Waals surface area contributed by atoms with Crippen molar-refractivity contribution in [3.8, 4) is 5.75 Å². The largest absolute Gasteiger partial charge is 0.490 e. The van der Waals surface area contributed by atoms with Crippen molar-refractivity contribution in [1.29, 1.82) is 0 Å². The van der Waals surface area contributed by atoms with Crippen molar-refractivity contribution in [2.24, 2.45) is 0 Å². The maximum absolute atomic E-state index is 10.6. The van der Waals surface area contributed by atoms with E-state index in [2.05, 4.69) is 11.8 Å². The number of carboxylic acid groups (broad SMARTS) is 1. The molecule has 1 aromatic carbocycles. The number of carboxylic acids is 1. The Labute approximate surface area is 114 Å². The fraction of sp³-hybridized carbons (Fsp3) is 0.533. The maximum atomic E-state index is 10.6. The van der Waals surface area contributed by atoms with E-state index < -0.39 is 5.97 Å². The highest BCUT2D eigenvalue weighted by molar-refractivity contribution is 5.70. The average Bonchev–Trinajstić information content (AvgIpc) is 2.41. The average molecular weight is 263 g/mol. The van der Waals surface area contributed by atoms with Crippen molar-refractivity contribution in [3.63, 3.8) is 0 Å². The van der Waals surface area contributed by atoms with Gasteiger partial charge < -0.3 is 14.7 Å². The van der Waals surface area contributed by atoms with E-state index in [9.17, 15) is 4.79 Å². The molecule has 104 valence electrons. The Hall–Kier alpha value is -1.55. The summed E-state index contributed by atoms with van der Waals surface area (Å²) < 4.78 is 5.93. The predicted molar refractivity (Wildman–Crippen MR) is 73.5 cm³/mol. The van der Waals surface area contributed by atoms with Gasteiger partial charge in [-0.2, -0.15) is 0 Å². The Kier molecular flexibility index (Phi) is 4.80. The Bertz CT molecular complexity index is 408. The number of benzene rings is 1. The molecule has 2 rings (SSSR count). The van der Waals surface area contributed by atoms with Gasteiger partial charge in [0.2, 0.25) is 0 Å². The first-order valence-electron chi connectivity index (χ1n) is 6.87. The lowest BCUT2D eigenvalue weighted by molar-refractivity contribution is -0.136. The van der Waals surface area contributed by atoms with Crippen LogP contribution in [0.5, 0.6) is 5.75 Å². The first-order chi connectivity index (χ1) is 9.17. The number of rotatable bonds is 5. The first kappa shape index (κ1) is 13.9. The van der Waals surface area contributed by atoms with Crippen molar-refractivity contribution < 1.29 is 14.6 Å². The quantitative estimate of drug-likeness (QED) is 0.884. The summed E-state index contributed by atoms with van der Waals surface area (Å²) in [6, 6.07) is 7.38. The number of likely N-dealkylation sites (tertiary alicyclic amines) is 1. The number of hydrogen-bond acceptors (Lipinski definition) is 3. The molecule has 0 aromatic heterocycles. The van der Waals surface area contributed by atoms with Crippen LogP contribution in [-0.2, 0) is 11.2 Å². The van der Waals surface area contributed by atoms with E-state index in [1.54, 1.807) is 0 Å². The minimum absolute atomic E-state index is 0.0647. The topological polar surface area (TPSA) is 49.8 Å². The van der Waals surface area contributed by atoms with E-state index in [0.717, 1.165) is 43.8 Å². The summed E-state index contributed by atoms with van der Waals surface area (Å²) >= 11 is 0. The zero-order chi connectivity index (χ0) is 13.7. The second-order valence-corrected chi connectivity index (χ2v) is 4.97. The lowest BCUT2D eigenvalue weighted by atomic mass is 10.1. The number of hydrogen-bond donors (Lipinski definition) is 1. The maximum Gasteiger partial charge on any atom is 0.307 e. The Morgan fingerprint density at radius 3 is 2.47 bits per heavy atom. The second kappa shape index (κ2) is 6.57. The highest BCUT2D eigenvalue weighted by Gasteiger charge is 2.19. The van der Waals surface area contributed by atoms with E-state index in [1.165, 1.54) is 0 Å². The van der Waals surface area contributed by atoms with E-state index in [-0.39, 0.29) is 12.5 Å². The molecule has 0 unspecified atom stereocenters. The molecule has 1 saturated heterocycles. The molecule has 1 aromatic rings. The van der Waals surface area contributed by atoms with Gasteiger partial charge in [-0.05, 0) is 37.1 Å². The number of aliphatic carboxylic acids is 1. The summed E-state index contributed by atoms with van der Waals surface area (Å²) in [6.07, 6.45) is 2.47. The third kappa shape index (κ3) is 4.24. The van der Waals surface area contributed by atoms with Crippen molar-refractivity contribution in [2.75, 3.05) is 19.6 Å². The van der Waals surface area contributed by atoms with Gasteiger partial charge >= 0.3 is 5.97 Å². The second-order valence-electron chi connectivity index (χ2n) is 4.97. The van der Waals surface area contributed by atoms with Crippen molar-refractivity contribution in [1.82, 2.24) is 4.90 Å². The molecular formula is C15H21NO3. The molecule has 4 nitrogen and oxygen atoms in total. The summed E-state index contributed by atoms with van der Waals surface area (Å²) in [4.78, 5) is 13.0. The smallest absolute Gasteiger partial charge is 0.307 e. The van der Waals surface area contributed by atoms with Crippen LogP contribution in [0.1, 0.15) is 25.3 Å². The van der Waals surface area contributed by atoms with Gasteiger partial charge in [0.1, 0.15) is 11.9 Å². The Morgan fingerprint density at radius 2 is 1.95 bits per heavy atom. The Balaban J connectivity index is 1.84. The number of piperidine rings is 1. The zero-order valence-corrected chi connectivity index (χ0v) is 11.3. The van der Waals surface area contributed by atoms with Crippen LogP contribution in [0.4, 0.5) is 0 Å². The van der Waals surface area contributed by atoms with E-state index in [4.69, 9.17) is 9.84 Å². The molecule has 0 atom stereocenters. The van der Waals surface area contributed by atoms with Gasteiger partial charge in [-0.15, -0.1) is 0 Å². The van der Waals surface area contributed by atoms with E-state index in [1.807, 2.05) is 24.3 Å². The molecule has 1 fully saturated rings. The van der Waals surface area contributed by atoms with Crippen LogP contribution in [0, 0.1) is 0 Å². The highest BCUT2D eigenvalue weighted by Crippen LogP contribution is 2.19. The van der Waals surface area contributed by atoms with Crippen molar-refractivity contribution in [2.45, 2.75) is 32.3 Å². The molecule has 0 aliphatic carbocycles. The zero-order valence-electron chi connectivity index (χ0n) is 11.3. The summed E-state index contributed by atoms with van der Waals surface area (Å²) in [7, 11) is 0. The van der Waals surface area contributed by atoms with Crippen LogP contribution < -0.4 is 4.74 Å². The molecule has 0 saturated carbocycles. The summed E-state index contributed by atoms with van der Waals surface area (Å²) in [5.74, 6) is 0.0321. The number of carbonyl (C=O) groups is 1. The summed E-state index contributed by atoms with van der Waals surface area (Å²) in [6.45, 7) is 5.48. The molecule has 1 heterocycles. The molecule has 1 aliphatic heterocycles. The SMILES string of the molecule is CCN1CCC(Oc2ccc(CC(=O)O)cc2)CC1. The molecule has 1 aliphatic rings. The van der Waals surface area contributed by atoms with Gasteiger partial charge in [0.05, 0.1) is 6.42 Å². The van der Waals surface area contributed by atoms with Gasteiger partial charge in [0.25, 0.3) is 0 Å². The molecule has 4 heteroatoms. The van der Waals surface area contributed by atoms with Gasteiger partial charge in [-0.25, -0.2) is 0 Å². The van der Waals surface area contributed by atoms with Crippen molar-refractivity contribution in [3.05, 3.63) is 29.8 Å². The van der Waals surface area contributed by atoms with Crippen LogP contribution >= 0.6 is 0 Å². The number of nitrogens with zero attached hydrogens (tertiary/aromatic N) is 1. The molecule has 0 spiro atoms. The normalized spacial score (nSPS) is 17.3. The van der Waals surface area contributed by atoms with Gasteiger partial charge in [0, 0.05) is 13.1 Å². The van der Waals surface area contributed by atoms with Crippen LogP contribution in [0.3, 0.4) is 0 Å². The summed E-state index contributed by atoms with van der Waals surface area (Å²) in [5.41, 5.74) is 0.806. The van der Waals surface area contributed by atoms with Gasteiger partial charge in [0.15, 0.2) is 0 Å². The minimum Gasteiger partial charge on any atom is -0.490 e. The fourth-order valence-corrected chi connectivity index (χ4v) is 2.40. The minimum atomic E-state index is -0.805. The van der Waals surface area contributed by atoms with Crippen LogP contribution in [-0.4, -0.2) is 41.7 Å². The van der Waals surface area contributed by atoms with Crippen molar-refractivity contribution >= 4 is 5.97 Å². The first-order valence-corrected chi connectivity index (χ1v) is 6.87. The molecule has 1 N–H and O–H groups in total. The predicted octanol–water partition coefficient (Wildman–Crippen LogP) is 2.18. The summed E-state index contributed by atoms with van der Waals surface area (Å²) in [5, 5.41) is 8.71. The molecule has 0 bridgehead atoms. The molecule has 19 heavy (non-hydrogen) atoms. The Morgan fingerprint density at radius 1 is 1.32 bits per heavy atom. The standard InChI is InChI=1S/C15H21NO3/c1-2-16-9-7-14(8-10-16)19-13-5-3-12(4-6-13)11-15(17)18/h3-6,14H,2,7-11H2,1H3,(H,17,18). The monoisotopic (exact) mass is 263 g/mol. The van der Waals surface area contributed by atoms with E-state index in [0.29, 0.717) is 0 Å². The van der Waals surface area contributed by atoms with Gasteiger partial charge in [-0.3, -0.25) is 4.79 Å². The number of ether oxygens (including phenoxy) is 1. The lowest BCUT2D eigenvalue weighted by Gasteiger charge is -2.31. The van der Waals surface area contributed by atoms with Crippen LogP contribution in [0.15, 0.2) is 24.3 Å². The third-order valence-electron chi connectivity index (χ3n) is 3.56. The molecule has 0 radical (unpaired) electrons. The third-order valence-corrected chi connectivity index (χ3v) is 3.56. The highest BCUT2D eigenvalue weighted by atomic mass is 16.5. The van der Waals surface area contributed by atoms with E-state index >= 15 is 0 Å². The van der Waals surface area contributed by atoms with Crippen LogP contribution in [0.25, 0.3) is 0 Å². The molecule has 0 amide bonds. The lowest BCUT2D eigenvalue weighted by Crippen LogP contribution is -2.37. The van der Waals surface area contributed by atoms with Crippen LogP contribution in [0.2, 0.25) is 0 Å². The fourth-order valence-electron chi connectivity index (χ4n) is 2.40.